The Kier molecular flexibility index (Phi) is 4.03. The number of para-hydroxylation sites is 2. The molecule has 0 saturated carbocycles. The molecule has 9 heteroatoms. The third kappa shape index (κ3) is 2.71. The van der Waals surface area contributed by atoms with E-state index >= 15 is 0 Å². The van der Waals surface area contributed by atoms with E-state index in [9.17, 15) is 9.18 Å². The van der Waals surface area contributed by atoms with E-state index < -0.39 is 5.72 Å². The fourth-order valence-corrected chi connectivity index (χ4v) is 4.41. The van der Waals surface area contributed by atoms with Gasteiger partial charge < -0.3 is 9.26 Å². The Bertz CT molecular complexity index is 1530. The molecule has 0 radical (unpaired) electrons. The molecular weight excluding hydrogens is 413 g/mol. The van der Waals surface area contributed by atoms with E-state index in [4.69, 9.17) is 9.26 Å². The van der Waals surface area contributed by atoms with Crippen LogP contribution in [0.15, 0.2) is 64.2 Å². The highest BCUT2D eigenvalue weighted by molar-refractivity contribution is 5.84. The van der Waals surface area contributed by atoms with Gasteiger partial charge >= 0.3 is 0 Å². The zero-order chi connectivity index (χ0) is 21.9. The van der Waals surface area contributed by atoms with Gasteiger partial charge in [-0.1, -0.05) is 17.3 Å². The first-order valence-corrected chi connectivity index (χ1v) is 10.3. The number of imidazole rings is 1. The molecule has 6 rings (SSSR count). The SMILES string of the molecule is CC1(n2c(=O)c3c(-c4noc(-c5ccc(F)cc5)n4)ncn3c3ccccc32)CCCO1. The first kappa shape index (κ1) is 18.9. The fourth-order valence-electron chi connectivity index (χ4n) is 4.41. The van der Waals surface area contributed by atoms with Gasteiger partial charge in [0.15, 0.2) is 0 Å². The Morgan fingerprint density at radius 3 is 2.62 bits per heavy atom. The van der Waals surface area contributed by atoms with Crippen molar-refractivity contribution >= 4 is 16.6 Å². The zero-order valence-electron chi connectivity index (χ0n) is 17.2. The van der Waals surface area contributed by atoms with Crippen LogP contribution in [0.2, 0.25) is 0 Å². The molecule has 1 fully saturated rings. The summed E-state index contributed by atoms with van der Waals surface area (Å²) in [5, 5.41) is 4.04. The molecule has 5 aromatic rings. The number of fused-ring (bicyclic) bond motifs is 3. The van der Waals surface area contributed by atoms with Crippen LogP contribution in [-0.2, 0) is 10.5 Å². The second-order valence-corrected chi connectivity index (χ2v) is 8.00. The number of rotatable bonds is 3. The van der Waals surface area contributed by atoms with Crippen LogP contribution in [-0.4, -0.2) is 30.7 Å². The quantitative estimate of drug-likeness (QED) is 0.429. The van der Waals surface area contributed by atoms with E-state index in [1.165, 1.54) is 12.1 Å². The van der Waals surface area contributed by atoms with Gasteiger partial charge in [-0.15, -0.1) is 0 Å². The molecular formula is C23H18FN5O3. The van der Waals surface area contributed by atoms with E-state index in [1.807, 2.05) is 31.2 Å². The molecule has 0 aliphatic carbocycles. The molecule has 160 valence electrons. The molecule has 0 amide bonds. The van der Waals surface area contributed by atoms with Gasteiger partial charge in [0.2, 0.25) is 5.82 Å². The third-order valence-electron chi connectivity index (χ3n) is 5.96. The van der Waals surface area contributed by atoms with E-state index in [0.29, 0.717) is 23.4 Å². The van der Waals surface area contributed by atoms with Crippen molar-refractivity contribution < 1.29 is 13.7 Å². The van der Waals surface area contributed by atoms with Crippen molar-refractivity contribution in [2.75, 3.05) is 6.61 Å². The van der Waals surface area contributed by atoms with Crippen LogP contribution < -0.4 is 5.56 Å². The van der Waals surface area contributed by atoms with Crippen molar-refractivity contribution in [2.45, 2.75) is 25.5 Å². The number of hydrogen-bond acceptors (Lipinski definition) is 6. The van der Waals surface area contributed by atoms with E-state index in [1.54, 1.807) is 27.4 Å². The molecule has 1 atom stereocenters. The molecule has 0 spiro atoms. The molecule has 1 aliphatic rings. The van der Waals surface area contributed by atoms with Crippen LogP contribution in [0.4, 0.5) is 4.39 Å². The van der Waals surface area contributed by atoms with Crippen LogP contribution in [0, 0.1) is 5.82 Å². The smallest absolute Gasteiger partial charge is 0.280 e. The van der Waals surface area contributed by atoms with Crippen LogP contribution in [0.3, 0.4) is 0 Å². The molecule has 2 aromatic carbocycles. The number of nitrogens with zero attached hydrogens (tertiary/aromatic N) is 5. The van der Waals surface area contributed by atoms with Gasteiger partial charge in [0.05, 0.1) is 11.0 Å². The summed E-state index contributed by atoms with van der Waals surface area (Å²) in [6.45, 7) is 2.53. The van der Waals surface area contributed by atoms with Gasteiger partial charge in [0.25, 0.3) is 11.4 Å². The summed E-state index contributed by atoms with van der Waals surface area (Å²) in [6.07, 6.45) is 3.19. The standard InChI is InChI=1S/C23H18FN5O3/c1-23(11-4-12-31-23)29-17-6-3-2-5-16(17)28-13-25-18(19(28)22(29)30)20-26-21(32-27-20)14-7-9-15(24)10-8-14/h2-3,5-10,13H,4,11-12H2,1H3. The summed E-state index contributed by atoms with van der Waals surface area (Å²) >= 11 is 0. The van der Waals surface area contributed by atoms with Crippen LogP contribution >= 0.6 is 0 Å². The maximum absolute atomic E-state index is 13.8. The molecule has 8 nitrogen and oxygen atoms in total. The lowest BCUT2D eigenvalue weighted by molar-refractivity contribution is -0.0447. The number of ether oxygens (including phenoxy) is 1. The lowest BCUT2D eigenvalue weighted by Gasteiger charge is -2.28. The van der Waals surface area contributed by atoms with Gasteiger partial charge in [-0.25, -0.2) is 9.37 Å². The van der Waals surface area contributed by atoms with Crippen molar-refractivity contribution in [3.8, 4) is 23.0 Å². The highest BCUT2D eigenvalue weighted by atomic mass is 19.1. The Morgan fingerprint density at radius 1 is 1.09 bits per heavy atom. The number of halogens is 1. The molecule has 4 heterocycles. The molecule has 0 bridgehead atoms. The summed E-state index contributed by atoms with van der Waals surface area (Å²) in [4.78, 5) is 22.7. The number of hydrogen-bond donors (Lipinski definition) is 0. The average Bonchev–Trinajstić information content (AvgIpc) is 3.54. The normalized spacial score (nSPS) is 18.7. The third-order valence-corrected chi connectivity index (χ3v) is 5.96. The second kappa shape index (κ2) is 6.83. The average molecular weight is 431 g/mol. The minimum atomic E-state index is -0.753. The monoisotopic (exact) mass is 431 g/mol. The zero-order valence-corrected chi connectivity index (χ0v) is 17.2. The van der Waals surface area contributed by atoms with Gasteiger partial charge in [-0.3, -0.25) is 13.8 Å². The predicted molar refractivity (Wildman–Crippen MR) is 114 cm³/mol. The lowest BCUT2D eigenvalue weighted by Crippen LogP contribution is -2.39. The molecule has 1 unspecified atom stereocenters. The highest BCUT2D eigenvalue weighted by Gasteiger charge is 2.35. The van der Waals surface area contributed by atoms with Crippen molar-refractivity contribution in [2.24, 2.45) is 0 Å². The van der Waals surface area contributed by atoms with E-state index in [-0.39, 0.29) is 23.1 Å². The molecule has 1 aliphatic heterocycles. The van der Waals surface area contributed by atoms with Crippen molar-refractivity contribution in [3.63, 3.8) is 0 Å². The summed E-state index contributed by atoms with van der Waals surface area (Å²) in [5.41, 5.74) is 1.81. The van der Waals surface area contributed by atoms with Crippen LogP contribution in [0.25, 0.3) is 39.5 Å². The Morgan fingerprint density at radius 2 is 1.88 bits per heavy atom. The molecule has 0 N–H and O–H groups in total. The first-order chi connectivity index (χ1) is 15.5. The number of benzene rings is 2. The fraction of sp³-hybridized carbons (Fsp3) is 0.217. The Labute approximate surface area is 180 Å². The van der Waals surface area contributed by atoms with Crippen molar-refractivity contribution in [1.82, 2.24) is 24.1 Å². The van der Waals surface area contributed by atoms with Gasteiger partial charge in [-0.05, 0) is 56.2 Å². The minimum absolute atomic E-state index is 0.184. The van der Waals surface area contributed by atoms with Gasteiger partial charge in [-0.2, -0.15) is 4.98 Å². The minimum Gasteiger partial charge on any atom is -0.355 e. The van der Waals surface area contributed by atoms with Crippen molar-refractivity contribution in [1.29, 1.82) is 0 Å². The molecule has 32 heavy (non-hydrogen) atoms. The first-order valence-electron chi connectivity index (χ1n) is 10.3. The summed E-state index contributed by atoms with van der Waals surface area (Å²) in [7, 11) is 0. The summed E-state index contributed by atoms with van der Waals surface area (Å²) < 4.78 is 28.1. The summed E-state index contributed by atoms with van der Waals surface area (Å²) in [6, 6.07) is 13.4. The van der Waals surface area contributed by atoms with Crippen molar-refractivity contribution in [3.05, 3.63) is 71.0 Å². The van der Waals surface area contributed by atoms with Gasteiger partial charge in [0.1, 0.15) is 29.1 Å². The maximum Gasteiger partial charge on any atom is 0.280 e. The van der Waals surface area contributed by atoms with E-state index in [0.717, 1.165) is 23.9 Å². The van der Waals surface area contributed by atoms with Crippen LogP contribution in [0.1, 0.15) is 19.8 Å². The molecule has 3 aromatic heterocycles. The lowest BCUT2D eigenvalue weighted by atomic mass is 10.1. The largest absolute Gasteiger partial charge is 0.355 e. The Balaban J connectivity index is 1.60. The second-order valence-electron chi connectivity index (χ2n) is 8.00. The van der Waals surface area contributed by atoms with E-state index in [2.05, 4.69) is 15.1 Å². The maximum atomic E-state index is 13.8. The van der Waals surface area contributed by atoms with Crippen LogP contribution in [0.5, 0.6) is 0 Å². The molecule has 1 saturated heterocycles. The Hall–Kier alpha value is -3.85. The summed E-state index contributed by atoms with van der Waals surface area (Å²) in [5.74, 6) is 0.0419. The van der Waals surface area contributed by atoms with Gasteiger partial charge in [0, 0.05) is 12.2 Å². The number of aromatic nitrogens is 5. The predicted octanol–water partition coefficient (Wildman–Crippen LogP) is 3.99. The topological polar surface area (TPSA) is 87.5 Å². The highest BCUT2D eigenvalue weighted by Crippen LogP contribution is 2.33.